The Hall–Kier alpha value is -3.28. The Labute approximate surface area is 165 Å². The summed E-state index contributed by atoms with van der Waals surface area (Å²) in [4.78, 5) is 28.3. The highest BCUT2D eigenvalue weighted by molar-refractivity contribution is 5.94. The number of benzene rings is 2. The second-order valence-corrected chi connectivity index (χ2v) is 6.53. The molecule has 1 aliphatic heterocycles. The maximum Gasteiger partial charge on any atom is 0.244 e. The molecule has 1 N–H and O–H groups in total. The summed E-state index contributed by atoms with van der Waals surface area (Å²) in [5.74, 6) is 0.500. The first-order chi connectivity index (χ1) is 13.7. The Bertz CT molecular complexity index is 811. The van der Waals surface area contributed by atoms with Gasteiger partial charge in [0.15, 0.2) is 0 Å². The van der Waals surface area contributed by atoms with E-state index in [0.717, 1.165) is 30.1 Å². The number of anilines is 1. The second kappa shape index (κ2) is 9.60. The van der Waals surface area contributed by atoms with Gasteiger partial charge in [0.25, 0.3) is 0 Å². The minimum Gasteiger partial charge on any atom is -0.497 e. The number of carbonyl (C=O) groups is 2. The molecule has 0 aromatic heterocycles. The Morgan fingerprint density at radius 1 is 1.00 bits per heavy atom. The summed E-state index contributed by atoms with van der Waals surface area (Å²) in [6, 6.07) is 17.5. The van der Waals surface area contributed by atoms with E-state index in [0.29, 0.717) is 13.1 Å². The van der Waals surface area contributed by atoms with Crippen molar-refractivity contribution >= 4 is 23.6 Å². The van der Waals surface area contributed by atoms with E-state index in [1.807, 2.05) is 54.6 Å². The van der Waals surface area contributed by atoms with Crippen molar-refractivity contribution in [2.45, 2.75) is 0 Å². The molecular formula is C22H25N3O3. The number of piperazine rings is 1. The molecule has 0 radical (unpaired) electrons. The molecule has 0 aliphatic carbocycles. The van der Waals surface area contributed by atoms with Crippen LogP contribution in [0.1, 0.15) is 5.56 Å². The number of methoxy groups -OCH3 is 1. The van der Waals surface area contributed by atoms with Gasteiger partial charge in [-0.05, 0) is 35.9 Å². The number of hydrogen-bond donors (Lipinski definition) is 1. The van der Waals surface area contributed by atoms with E-state index in [-0.39, 0.29) is 18.4 Å². The number of hydrogen-bond acceptors (Lipinski definition) is 4. The number of rotatable bonds is 6. The van der Waals surface area contributed by atoms with Gasteiger partial charge in [-0.3, -0.25) is 9.59 Å². The molecule has 0 spiro atoms. The third kappa shape index (κ3) is 5.36. The minimum absolute atomic E-state index is 0.0144. The van der Waals surface area contributed by atoms with Gasteiger partial charge in [0, 0.05) is 37.9 Å². The summed E-state index contributed by atoms with van der Waals surface area (Å²) in [6.45, 7) is 2.82. The third-order valence-electron chi connectivity index (χ3n) is 4.71. The van der Waals surface area contributed by atoms with Crippen LogP contribution in [0.3, 0.4) is 0 Å². The Morgan fingerprint density at radius 3 is 2.32 bits per heavy atom. The van der Waals surface area contributed by atoms with Crippen LogP contribution in [0.25, 0.3) is 6.08 Å². The molecular weight excluding hydrogens is 354 g/mol. The molecule has 2 amide bonds. The molecule has 146 valence electrons. The molecule has 2 aromatic rings. The third-order valence-corrected chi connectivity index (χ3v) is 4.71. The van der Waals surface area contributed by atoms with Crippen molar-refractivity contribution in [2.24, 2.45) is 0 Å². The van der Waals surface area contributed by atoms with E-state index in [9.17, 15) is 9.59 Å². The van der Waals surface area contributed by atoms with Gasteiger partial charge in [0.05, 0.1) is 13.7 Å². The molecule has 6 heteroatoms. The standard InChI is InChI=1S/C22H25N3O3/c1-28-20-10-8-19(9-11-20)24-13-15-25(16-14-24)22(27)17-23-21(26)12-7-18-5-3-2-4-6-18/h2-12H,13-17H2,1H3,(H,23,26)/b12-7+. The summed E-state index contributed by atoms with van der Waals surface area (Å²) in [5, 5.41) is 2.66. The van der Waals surface area contributed by atoms with Crippen LogP contribution in [0.15, 0.2) is 60.7 Å². The predicted molar refractivity (Wildman–Crippen MR) is 110 cm³/mol. The van der Waals surface area contributed by atoms with E-state index >= 15 is 0 Å². The van der Waals surface area contributed by atoms with E-state index in [4.69, 9.17) is 4.74 Å². The van der Waals surface area contributed by atoms with Crippen LogP contribution in [-0.2, 0) is 9.59 Å². The zero-order valence-corrected chi connectivity index (χ0v) is 16.0. The molecule has 2 aromatic carbocycles. The van der Waals surface area contributed by atoms with Gasteiger partial charge < -0.3 is 19.9 Å². The summed E-state index contributed by atoms with van der Waals surface area (Å²) < 4.78 is 5.18. The maximum absolute atomic E-state index is 12.4. The van der Waals surface area contributed by atoms with Crippen molar-refractivity contribution in [1.29, 1.82) is 0 Å². The van der Waals surface area contributed by atoms with Crippen LogP contribution in [0.5, 0.6) is 5.75 Å². The van der Waals surface area contributed by atoms with Gasteiger partial charge >= 0.3 is 0 Å². The van der Waals surface area contributed by atoms with Crippen molar-refractivity contribution < 1.29 is 14.3 Å². The topological polar surface area (TPSA) is 61.9 Å². The molecule has 1 aliphatic rings. The number of nitrogens with zero attached hydrogens (tertiary/aromatic N) is 2. The molecule has 1 fully saturated rings. The smallest absolute Gasteiger partial charge is 0.244 e. The normalized spacial score (nSPS) is 14.2. The van der Waals surface area contributed by atoms with Gasteiger partial charge in [-0.1, -0.05) is 30.3 Å². The molecule has 3 rings (SSSR count). The summed E-state index contributed by atoms with van der Waals surface area (Å²) in [6.07, 6.45) is 3.18. The van der Waals surface area contributed by atoms with Crippen molar-refractivity contribution in [1.82, 2.24) is 10.2 Å². The van der Waals surface area contributed by atoms with Crippen molar-refractivity contribution in [2.75, 3.05) is 44.7 Å². The van der Waals surface area contributed by atoms with E-state index < -0.39 is 0 Å². The fraction of sp³-hybridized carbons (Fsp3) is 0.273. The van der Waals surface area contributed by atoms with Crippen molar-refractivity contribution in [3.8, 4) is 5.75 Å². The monoisotopic (exact) mass is 379 g/mol. The molecule has 1 heterocycles. The molecule has 0 bridgehead atoms. The Kier molecular flexibility index (Phi) is 6.68. The van der Waals surface area contributed by atoms with Gasteiger partial charge in [0.2, 0.25) is 11.8 Å². The van der Waals surface area contributed by atoms with Crippen molar-refractivity contribution in [3.63, 3.8) is 0 Å². The largest absolute Gasteiger partial charge is 0.497 e. The van der Waals surface area contributed by atoms with E-state index in [2.05, 4.69) is 10.2 Å². The summed E-state index contributed by atoms with van der Waals surface area (Å²) >= 11 is 0. The number of amides is 2. The van der Waals surface area contributed by atoms with E-state index in [1.165, 1.54) is 6.08 Å². The lowest BCUT2D eigenvalue weighted by Crippen LogP contribution is -2.51. The zero-order valence-electron chi connectivity index (χ0n) is 16.0. The molecule has 1 saturated heterocycles. The van der Waals surface area contributed by atoms with Crippen LogP contribution >= 0.6 is 0 Å². The van der Waals surface area contributed by atoms with E-state index in [1.54, 1.807) is 18.1 Å². The SMILES string of the molecule is COc1ccc(N2CCN(C(=O)CNC(=O)/C=C/c3ccccc3)CC2)cc1. The number of carbonyl (C=O) groups excluding carboxylic acids is 2. The van der Waals surface area contributed by atoms with Crippen LogP contribution in [0.2, 0.25) is 0 Å². The second-order valence-electron chi connectivity index (χ2n) is 6.53. The van der Waals surface area contributed by atoms with Crippen LogP contribution in [-0.4, -0.2) is 56.5 Å². The maximum atomic E-state index is 12.4. The highest BCUT2D eigenvalue weighted by Gasteiger charge is 2.21. The average Bonchev–Trinajstić information content (AvgIpc) is 2.77. The molecule has 0 saturated carbocycles. The lowest BCUT2D eigenvalue weighted by atomic mass is 10.2. The lowest BCUT2D eigenvalue weighted by molar-refractivity contribution is -0.132. The first-order valence-electron chi connectivity index (χ1n) is 9.33. The molecule has 0 unspecified atom stereocenters. The fourth-order valence-electron chi connectivity index (χ4n) is 3.08. The lowest BCUT2D eigenvalue weighted by Gasteiger charge is -2.36. The first-order valence-corrected chi connectivity index (χ1v) is 9.33. The summed E-state index contributed by atoms with van der Waals surface area (Å²) in [5.41, 5.74) is 2.06. The van der Waals surface area contributed by atoms with Gasteiger partial charge in [0.1, 0.15) is 5.75 Å². The Balaban J connectivity index is 1.42. The molecule has 6 nitrogen and oxygen atoms in total. The molecule has 0 atom stereocenters. The average molecular weight is 379 g/mol. The minimum atomic E-state index is -0.269. The van der Waals surface area contributed by atoms with Gasteiger partial charge in [-0.25, -0.2) is 0 Å². The number of nitrogens with one attached hydrogen (secondary N) is 1. The highest BCUT2D eigenvalue weighted by atomic mass is 16.5. The van der Waals surface area contributed by atoms with Crippen LogP contribution in [0, 0.1) is 0 Å². The Morgan fingerprint density at radius 2 is 1.68 bits per heavy atom. The first kappa shape index (κ1) is 19.5. The van der Waals surface area contributed by atoms with Gasteiger partial charge in [-0.2, -0.15) is 0 Å². The fourth-order valence-corrected chi connectivity index (χ4v) is 3.08. The van der Waals surface area contributed by atoms with Gasteiger partial charge in [-0.15, -0.1) is 0 Å². The highest BCUT2D eigenvalue weighted by Crippen LogP contribution is 2.20. The predicted octanol–water partition coefficient (Wildman–Crippen LogP) is 2.17. The summed E-state index contributed by atoms with van der Waals surface area (Å²) in [7, 11) is 1.65. The number of ether oxygens (including phenoxy) is 1. The van der Waals surface area contributed by atoms with Crippen LogP contribution < -0.4 is 15.0 Å². The van der Waals surface area contributed by atoms with Crippen molar-refractivity contribution in [3.05, 3.63) is 66.2 Å². The zero-order chi connectivity index (χ0) is 19.8. The quantitative estimate of drug-likeness (QED) is 0.782. The molecule has 28 heavy (non-hydrogen) atoms. The van der Waals surface area contributed by atoms with Crippen LogP contribution in [0.4, 0.5) is 5.69 Å².